The second kappa shape index (κ2) is 10.6. The number of anilines is 1. The molecule has 2 fully saturated rings. The van der Waals surface area contributed by atoms with E-state index in [9.17, 15) is 13.2 Å². The molecular formula is C20H32ClN3O3S. The van der Waals surface area contributed by atoms with Gasteiger partial charge in [0, 0.05) is 25.2 Å². The molecule has 1 amide bonds. The molecular weight excluding hydrogens is 398 g/mol. The van der Waals surface area contributed by atoms with Gasteiger partial charge in [-0.3, -0.25) is 4.79 Å². The molecule has 1 aromatic carbocycles. The minimum Gasteiger partial charge on any atom is -0.326 e. The van der Waals surface area contributed by atoms with E-state index in [4.69, 9.17) is 0 Å². The fraction of sp³-hybridized carbons (Fsp3) is 0.650. The van der Waals surface area contributed by atoms with Gasteiger partial charge in [-0.15, -0.1) is 12.4 Å². The van der Waals surface area contributed by atoms with Crippen LogP contribution in [0.25, 0.3) is 0 Å². The van der Waals surface area contributed by atoms with Crippen LogP contribution in [0.15, 0.2) is 29.2 Å². The van der Waals surface area contributed by atoms with E-state index in [0.717, 1.165) is 45.2 Å². The number of halogens is 1. The van der Waals surface area contributed by atoms with Crippen LogP contribution < -0.4 is 10.6 Å². The van der Waals surface area contributed by atoms with Gasteiger partial charge < -0.3 is 10.6 Å². The van der Waals surface area contributed by atoms with Crippen LogP contribution >= 0.6 is 12.4 Å². The van der Waals surface area contributed by atoms with Gasteiger partial charge in [-0.25, -0.2) is 8.42 Å². The average Bonchev–Trinajstić information content (AvgIpc) is 2.69. The molecule has 6 nitrogen and oxygen atoms in total. The molecule has 2 aliphatic rings. The lowest BCUT2D eigenvalue weighted by molar-refractivity contribution is -0.117. The highest BCUT2D eigenvalue weighted by Crippen LogP contribution is 2.25. The first-order valence-electron chi connectivity index (χ1n) is 10.1. The van der Waals surface area contributed by atoms with Crippen LogP contribution in [0.5, 0.6) is 0 Å². The van der Waals surface area contributed by atoms with Gasteiger partial charge in [-0.05, 0) is 68.8 Å². The van der Waals surface area contributed by atoms with Crippen molar-refractivity contribution in [3.05, 3.63) is 24.3 Å². The van der Waals surface area contributed by atoms with Gasteiger partial charge in [0.1, 0.15) is 0 Å². The molecule has 0 radical (unpaired) electrons. The number of hydrogen-bond acceptors (Lipinski definition) is 4. The number of sulfonamides is 1. The Morgan fingerprint density at radius 3 is 2.68 bits per heavy atom. The molecule has 2 unspecified atom stereocenters. The molecule has 28 heavy (non-hydrogen) atoms. The number of nitrogens with one attached hydrogen (secondary N) is 2. The van der Waals surface area contributed by atoms with Crippen molar-refractivity contribution in [3.8, 4) is 0 Å². The largest absolute Gasteiger partial charge is 0.326 e. The van der Waals surface area contributed by atoms with Gasteiger partial charge >= 0.3 is 0 Å². The summed E-state index contributed by atoms with van der Waals surface area (Å²) in [6.07, 6.45) is 5.66. The van der Waals surface area contributed by atoms with E-state index in [1.165, 1.54) is 0 Å². The van der Waals surface area contributed by atoms with Crippen LogP contribution in [0.3, 0.4) is 0 Å². The molecule has 0 bridgehead atoms. The minimum atomic E-state index is -3.49. The summed E-state index contributed by atoms with van der Waals surface area (Å²) < 4.78 is 27.2. The number of hydrogen-bond donors (Lipinski definition) is 2. The molecule has 0 saturated carbocycles. The summed E-state index contributed by atoms with van der Waals surface area (Å²) >= 11 is 0. The highest BCUT2D eigenvalue weighted by molar-refractivity contribution is 7.89. The van der Waals surface area contributed by atoms with Crippen LogP contribution in [0.2, 0.25) is 0 Å². The fourth-order valence-electron chi connectivity index (χ4n) is 4.02. The Balaban J connectivity index is 0.00000280. The summed E-state index contributed by atoms with van der Waals surface area (Å²) in [6, 6.07) is 6.63. The first kappa shape index (κ1) is 23.1. The number of amides is 1. The first-order valence-corrected chi connectivity index (χ1v) is 11.5. The molecule has 0 aromatic heterocycles. The van der Waals surface area contributed by atoms with E-state index >= 15 is 0 Å². The van der Waals surface area contributed by atoms with Crippen molar-refractivity contribution in [2.75, 3.05) is 31.5 Å². The molecule has 2 saturated heterocycles. The zero-order valence-corrected chi connectivity index (χ0v) is 18.2. The summed E-state index contributed by atoms with van der Waals surface area (Å²) in [5, 5.41) is 6.28. The Bertz CT molecular complexity index is 745. The Hall–Kier alpha value is -1.15. The SMILES string of the molecule is CC(CC(=O)Nc1cccc(S(=O)(=O)N2CCCCC2)c1)C1CCCNC1.Cl. The standard InChI is InChI=1S/C20H31N3O3S.ClH/c1-16(17-7-6-10-21-15-17)13-20(24)22-18-8-5-9-19(14-18)27(25,26)23-11-3-2-4-12-23;/h5,8-9,14,16-17,21H,2-4,6-7,10-13,15H2,1H3,(H,22,24);1H. The molecule has 0 spiro atoms. The number of piperidine rings is 2. The van der Waals surface area contributed by atoms with Gasteiger partial charge in [0.15, 0.2) is 0 Å². The number of carbonyl (C=O) groups excluding carboxylic acids is 1. The maximum atomic E-state index is 12.8. The molecule has 2 atom stereocenters. The normalized spacial score (nSPS) is 22.1. The van der Waals surface area contributed by atoms with Crippen molar-refractivity contribution in [1.82, 2.24) is 9.62 Å². The lowest BCUT2D eigenvalue weighted by atomic mass is 9.85. The predicted octanol–water partition coefficient (Wildman–Crippen LogP) is 3.25. The van der Waals surface area contributed by atoms with Crippen molar-refractivity contribution in [1.29, 1.82) is 0 Å². The van der Waals surface area contributed by atoms with Crippen molar-refractivity contribution >= 4 is 34.0 Å². The summed E-state index contributed by atoms with van der Waals surface area (Å²) in [5.41, 5.74) is 0.548. The van der Waals surface area contributed by atoms with Gasteiger partial charge in [-0.2, -0.15) is 4.31 Å². The van der Waals surface area contributed by atoms with E-state index in [1.54, 1.807) is 28.6 Å². The number of benzene rings is 1. The smallest absolute Gasteiger partial charge is 0.243 e. The van der Waals surface area contributed by atoms with E-state index in [0.29, 0.717) is 37.0 Å². The van der Waals surface area contributed by atoms with Crippen LogP contribution in [0.1, 0.15) is 45.4 Å². The highest BCUT2D eigenvalue weighted by Gasteiger charge is 2.26. The highest BCUT2D eigenvalue weighted by atomic mass is 35.5. The van der Waals surface area contributed by atoms with Gasteiger partial charge in [0.05, 0.1) is 4.90 Å². The quantitative estimate of drug-likeness (QED) is 0.727. The average molecular weight is 430 g/mol. The van der Waals surface area contributed by atoms with Gasteiger partial charge in [0.2, 0.25) is 15.9 Å². The maximum Gasteiger partial charge on any atom is 0.243 e. The molecule has 2 N–H and O–H groups in total. The summed E-state index contributed by atoms with van der Waals surface area (Å²) in [5.74, 6) is 0.772. The topological polar surface area (TPSA) is 78.5 Å². The first-order chi connectivity index (χ1) is 13.0. The van der Waals surface area contributed by atoms with Gasteiger partial charge in [-0.1, -0.05) is 19.4 Å². The molecule has 158 valence electrons. The fourth-order valence-corrected chi connectivity index (χ4v) is 5.59. The number of carbonyl (C=O) groups is 1. The molecule has 3 rings (SSSR count). The molecule has 1 aromatic rings. The van der Waals surface area contributed by atoms with E-state index in [-0.39, 0.29) is 23.2 Å². The van der Waals surface area contributed by atoms with E-state index in [2.05, 4.69) is 17.6 Å². The van der Waals surface area contributed by atoms with Crippen LogP contribution in [0.4, 0.5) is 5.69 Å². The maximum absolute atomic E-state index is 12.8. The summed E-state index contributed by atoms with van der Waals surface area (Å²) in [4.78, 5) is 12.7. The number of nitrogens with zero attached hydrogens (tertiary/aromatic N) is 1. The Morgan fingerprint density at radius 1 is 1.25 bits per heavy atom. The Labute approximate surface area is 174 Å². The Kier molecular flexibility index (Phi) is 8.74. The van der Waals surface area contributed by atoms with Gasteiger partial charge in [0.25, 0.3) is 0 Å². The third-order valence-electron chi connectivity index (χ3n) is 5.72. The van der Waals surface area contributed by atoms with E-state index in [1.807, 2.05) is 0 Å². The summed E-state index contributed by atoms with van der Waals surface area (Å²) in [7, 11) is -3.49. The third-order valence-corrected chi connectivity index (χ3v) is 7.61. The van der Waals surface area contributed by atoms with E-state index < -0.39 is 10.0 Å². The lowest BCUT2D eigenvalue weighted by Crippen LogP contribution is -2.35. The molecule has 2 heterocycles. The Morgan fingerprint density at radius 2 is 2.00 bits per heavy atom. The summed E-state index contributed by atoms with van der Waals surface area (Å²) in [6.45, 7) is 5.30. The second-order valence-corrected chi connectivity index (χ2v) is 9.77. The number of rotatable bonds is 6. The zero-order valence-electron chi connectivity index (χ0n) is 16.5. The monoisotopic (exact) mass is 429 g/mol. The minimum absolute atomic E-state index is 0. The third kappa shape index (κ3) is 5.92. The van der Waals surface area contributed by atoms with Crippen LogP contribution in [-0.4, -0.2) is 44.8 Å². The van der Waals surface area contributed by atoms with Crippen molar-refractivity contribution < 1.29 is 13.2 Å². The van der Waals surface area contributed by atoms with Crippen LogP contribution in [-0.2, 0) is 14.8 Å². The molecule has 2 aliphatic heterocycles. The van der Waals surface area contributed by atoms with Crippen molar-refractivity contribution in [3.63, 3.8) is 0 Å². The van der Waals surface area contributed by atoms with Crippen molar-refractivity contribution in [2.24, 2.45) is 11.8 Å². The second-order valence-electron chi connectivity index (χ2n) is 7.83. The lowest BCUT2D eigenvalue weighted by Gasteiger charge is -2.28. The van der Waals surface area contributed by atoms with Crippen molar-refractivity contribution in [2.45, 2.75) is 50.3 Å². The molecule has 0 aliphatic carbocycles. The molecule has 8 heteroatoms. The predicted molar refractivity (Wildman–Crippen MR) is 114 cm³/mol. The van der Waals surface area contributed by atoms with Crippen LogP contribution in [0, 0.1) is 11.8 Å². The zero-order chi connectivity index (χ0) is 19.3.